The number of ether oxygens (including phenoxy) is 2. The van der Waals surface area contributed by atoms with E-state index < -0.39 is 24.0 Å². The number of halogens is 3. The summed E-state index contributed by atoms with van der Waals surface area (Å²) < 4.78 is 46.0. The minimum absolute atomic E-state index is 0.151. The molecule has 2 N–H and O–H groups in total. The maximum atomic E-state index is 12.3. The second kappa shape index (κ2) is 6.65. The standard InChI is InChI=1S/C13H14F3N3O3/c14-13(15,16)22-10-4-2-1-3-9(10)11(17)18-12(20)19-5-7-21-8-6-19/h1-4H,5-8H2,(H2,17,18,20). The summed E-state index contributed by atoms with van der Waals surface area (Å²) >= 11 is 0. The van der Waals surface area contributed by atoms with E-state index in [1.807, 2.05) is 0 Å². The lowest BCUT2D eigenvalue weighted by atomic mass is 10.2. The van der Waals surface area contributed by atoms with Gasteiger partial charge in [0.05, 0.1) is 18.8 Å². The average Bonchev–Trinajstić information content (AvgIpc) is 2.47. The SMILES string of the molecule is N=C(NC(=O)N1CCOCC1)c1ccccc1OC(F)(F)F. The number of nitrogens with zero attached hydrogens (tertiary/aromatic N) is 1. The Morgan fingerprint density at radius 2 is 1.91 bits per heavy atom. The normalized spacial score (nSPS) is 15.3. The lowest BCUT2D eigenvalue weighted by molar-refractivity contribution is -0.274. The molecule has 0 aromatic heterocycles. The van der Waals surface area contributed by atoms with Crippen LogP contribution in [0.4, 0.5) is 18.0 Å². The Bertz CT molecular complexity index is 557. The van der Waals surface area contributed by atoms with Crippen molar-refractivity contribution in [1.82, 2.24) is 10.2 Å². The molecule has 120 valence electrons. The van der Waals surface area contributed by atoms with Gasteiger partial charge in [-0.05, 0) is 12.1 Å². The molecule has 0 bridgehead atoms. The van der Waals surface area contributed by atoms with Crippen LogP contribution in [0.1, 0.15) is 5.56 Å². The summed E-state index contributed by atoms with van der Waals surface area (Å²) in [5.74, 6) is -1.00. The zero-order chi connectivity index (χ0) is 16.2. The minimum atomic E-state index is -4.87. The number of para-hydroxylation sites is 1. The highest BCUT2D eigenvalue weighted by molar-refractivity contribution is 6.07. The van der Waals surface area contributed by atoms with Crippen LogP contribution in [0.5, 0.6) is 5.75 Å². The number of amides is 2. The lowest BCUT2D eigenvalue weighted by Gasteiger charge is -2.27. The van der Waals surface area contributed by atoms with Crippen LogP contribution < -0.4 is 10.1 Å². The molecule has 1 saturated heterocycles. The van der Waals surface area contributed by atoms with Gasteiger partial charge in [-0.25, -0.2) is 4.79 Å². The van der Waals surface area contributed by atoms with Gasteiger partial charge in [-0.2, -0.15) is 0 Å². The molecule has 1 fully saturated rings. The molecule has 22 heavy (non-hydrogen) atoms. The minimum Gasteiger partial charge on any atom is -0.405 e. The van der Waals surface area contributed by atoms with Crippen molar-refractivity contribution < 1.29 is 27.4 Å². The van der Waals surface area contributed by atoms with Gasteiger partial charge < -0.3 is 14.4 Å². The summed E-state index contributed by atoms with van der Waals surface area (Å²) in [6.07, 6.45) is -4.87. The van der Waals surface area contributed by atoms with E-state index in [-0.39, 0.29) is 5.56 Å². The van der Waals surface area contributed by atoms with Crippen LogP contribution in [0.15, 0.2) is 24.3 Å². The highest BCUT2D eigenvalue weighted by atomic mass is 19.4. The van der Waals surface area contributed by atoms with E-state index in [1.54, 1.807) is 0 Å². The van der Waals surface area contributed by atoms with E-state index >= 15 is 0 Å². The number of rotatable bonds is 2. The van der Waals surface area contributed by atoms with Crippen molar-refractivity contribution in [2.24, 2.45) is 0 Å². The number of nitrogens with one attached hydrogen (secondary N) is 2. The molecule has 6 nitrogen and oxygen atoms in total. The maximum Gasteiger partial charge on any atom is 0.573 e. The Morgan fingerprint density at radius 1 is 1.27 bits per heavy atom. The second-order valence-electron chi connectivity index (χ2n) is 4.45. The van der Waals surface area contributed by atoms with Gasteiger partial charge in [0.25, 0.3) is 0 Å². The molecule has 0 radical (unpaired) electrons. The molecule has 0 spiro atoms. The van der Waals surface area contributed by atoms with Crippen molar-refractivity contribution in [1.29, 1.82) is 5.41 Å². The van der Waals surface area contributed by atoms with Gasteiger partial charge in [0.15, 0.2) is 0 Å². The molecule has 1 heterocycles. The number of amidine groups is 1. The molecule has 1 aromatic rings. The summed E-state index contributed by atoms with van der Waals surface area (Å²) in [7, 11) is 0. The first-order valence-electron chi connectivity index (χ1n) is 6.44. The van der Waals surface area contributed by atoms with Crippen molar-refractivity contribution >= 4 is 11.9 Å². The fraction of sp³-hybridized carbons (Fsp3) is 0.385. The van der Waals surface area contributed by atoms with Gasteiger partial charge in [-0.15, -0.1) is 13.2 Å². The number of alkyl halides is 3. The number of hydrogen-bond acceptors (Lipinski definition) is 4. The number of urea groups is 1. The van der Waals surface area contributed by atoms with Crippen LogP contribution in [0.2, 0.25) is 0 Å². The Balaban J connectivity index is 2.07. The van der Waals surface area contributed by atoms with E-state index in [9.17, 15) is 18.0 Å². The molecule has 1 aliphatic rings. The summed E-state index contributed by atoms with van der Waals surface area (Å²) in [4.78, 5) is 13.4. The molecule has 0 saturated carbocycles. The lowest BCUT2D eigenvalue weighted by Crippen LogP contribution is -2.48. The van der Waals surface area contributed by atoms with E-state index in [1.165, 1.54) is 23.1 Å². The van der Waals surface area contributed by atoms with Gasteiger partial charge in [-0.1, -0.05) is 12.1 Å². The predicted octanol–water partition coefficient (Wildman–Crippen LogP) is 1.95. The molecule has 1 aliphatic heterocycles. The van der Waals surface area contributed by atoms with Gasteiger partial charge in [0.1, 0.15) is 11.6 Å². The molecule has 2 amide bonds. The van der Waals surface area contributed by atoms with Crippen LogP contribution in [0.25, 0.3) is 0 Å². The van der Waals surface area contributed by atoms with Crippen LogP contribution >= 0.6 is 0 Å². The number of morpholine rings is 1. The number of carbonyl (C=O) groups is 1. The number of carbonyl (C=O) groups excluding carboxylic acids is 1. The zero-order valence-corrected chi connectivity index (χ0v) is 11.4. The third-order valence-corrected chi connectivity index (χ3v) is 2.91. The van der Waals surface area contributed by atoms with Crippen molar-refractivity contribution in [2.75, 3.05) is 26.3 Å². The van der Waals surface area contributed by atoms with Crippen molar-refractivity contribution in [2.45, 2.75) is 6.36 Å². The number of hydrogen-bond donors (Lipinski definition) is 2. The smallest absolute Gasteiger partial charge is 0.405 e. The van der Waals surface area contributed by atoms with E-state index in [4.69, 9.17) is 10.1 Å². The highest BCUT2D eigenvalue weighted by Crippen LogP contribution is 2.26. The second-order valence-corrected chi connectivity index (χ2v) is 4.45. The van der Waals surface area contributed by atoms with Gasteiger partial charge in [0.2, 0.25) is 0 Å². The molecule has 0 unspecified atom stereocenters. The molecule has 9 heteroatoms. The van der Waals surface area contributed by atoms with Gasteiger partial charge in [0, 0.05) is 13.1 Å². The van der Waals surface area contributed by atoms with E-state index in [0.29, 0.717) is 26.3 Å². The predicted molar refractivity (Wildman–Crippen MR) is 70.9 cm³/mol. The quantitative estimate of drug-likeness (QED) is 0.647. The molecule has 1 aromatic carbocycles. The van der Waals surface area contributed by atoms with Crippen LogP contribution in [-0.2, 0) is 4.74 Å². The van der Waals surface area contributed by atoms with E-state index in [2.05, 4.69) is 10.1 Å². The first-order chi connectivity index (χ1) is 10.4. The van der Waals surface area contributed by atoms with Crippen molar-refractivity contribution in [3.63, 3.8) is 0 Å². The van der Waals surface area contributed by atoms with Crippen molar-refractivity contribution in [3.8, 4) is 5.75 Å². The van der Waals surface area contributed by atoms with Crippen LogP contribution in [0, 0.1) is 5.41 Å². The Morgan fingerprint density at radius 3 is 2.55 bits per heavy atom. The summed E-state index contributed by atoms with van der Waals surface area (Å²) in [5.41, 5.74) is -0.151. The Labute approximate surface area is 124 Å². The summed E-state index contributed by atoms with van der Waals surface area (Å²) in [6.45, 7) is 1.49. The molecular formula is C13H14F3N3O3. The Hall–Kier alpha value is -2.29. The maximum absolute atomic E-state index is 12.3. The largest absolute Gasteiger partial charge is 0.573 e. The topological polar surface area (TPSA) is 74.7 Å². The molecule has 2 rings (SSSR count). The third kappa shape index (κ3) is 4.35. The summed E-state index contributed by atoms with van der Waals surface area (Å²) in [5, 5.41) is 10.0. The third-order valence-electron chi connectivity index (χ3n) is 2.91. The first kappa shape index (κ1) is 16.1. The monoisotopic (exact) mass is 317 g/mol. The molecular weight excluding hydrogens is 303 g/mol. The summed E-state index contributed by atoms with van der Waals surface area (Å²) in [6, 6.07) is 4.59. The fourth-order valence-corrected chi connectivity index (χ4v) is 1.91. The van der Waals surface area contributed by atoms with Crippen LogP contribution in [-0.4, -0.2) is 49.4 Å². The van der Waals surface area contributed by atoms with Crippen LogP contribution in [0.3, 0.4) is 0 Å². The zero-order valence-electron chi connectivity index (χ0n) is 11.4. The fourth-order valence-electron chi connectivity index (χ4n) is 1.91. The van der Waals surface area contributed by atoms with E-state index in [0.717, 1.165) is 6.07 Å². The van der Waals surface area contributed by atoms with Gasteiger partial charge in [-0.3, -0.25) is 10.7 Å². The van der Waals surface area contributed by atoms with Gasteiger partial charge >= 0.3 is 12.4 Å². The molecule has 0 atom stereocenters. The number of benzene rings is 1. The average molecular weight is 317 g/mol. The van der Waals surface area contributed by atoms with Crippen molar-refractivity contribution in [3.05, 3.63) is 29.8 Å². The first-order valence-corrected chi connectivity index (χ1v) is 6.44. The highest BCUT2D eigenvalue weighted by Gasteiger charge is 2.32. The Kier molecular flexibility index (Phi) is 4.86. The molecule has 0 aliphatic carbocycles.